The molecule has 0 aromatic heterocycles. The van der Waals surface area contributed by atoms with Gasteiger partial charge in [0, 0.05) is 5.56 Å². The van der Waals surface area contributed by atoms with Gasteiger partial charge in [0.2, 0.25) is 0 Å². The molecule has 2 rings (SSSR count). The lowest BCUT2D eigenvalue weighted by Crippen LogP contribution is -2.34. The van der Waals surface area contributed by atoms with Crippen molar-refractivity contribution in [3.8, 4) is 0 Å². The third kappa shape index (κ3) is 3.65. The number of rotatable bonds is 3. The zero-order valence-corrected chi connectivity index (χ0v) is 11.5. The molecule has 0 saturated heterocycles. The van der Waals surface area contributed by atoms with E-state index >= 15 is 0 Å². The fourth-order valence-corrected chi connectivity index (χ4v) is 2.73. The van der Waals surface area contributed by atoms with Gasteiger partial charge in [0.05, 0.1) is 12.1 Å². The highest BCUT2D eigenvalue weighted by molar-refractivity contribution is 5.85. The Labute approximate surface area is 118 Å². The van der Waals surface area contributed by atoms with Gasteiger partial charge in [-0.3, -0.25) is 0 Å². The molecule has 3 N–H and O–H groups in total. The number of hydrogen-bond donors (Lipinski definition) is 2. The molecule has 108 valence electrons. The normalized spacial score (nSPS) is 19.6. The SMILES string of the molecule is Cl.N[C@@H](c1cccc(F)c1F)[C@H](O)C1CCCCC1. The van der Waals surface area contributed by atoms with Crippen LogP contribution in [0.3, 0.4) is 0 Å². The fourth-order valence-electron chi connectivity index (χ4n) is 2.73. The summed E-state index contributed by atoms with van der Waals surface area (Å²) in [5, 5.41) is 10.2. The van der Waals surface area contributed by atoms with Crippen LogP contribution in [-0.4, -0.2) is 11.2 Å². The first-order valence-corrected chi connectivity index (χ1v) is 6.49. The lowest BCUT2D eigenvalue weighted by Gasteiger charge is -2.30. The average molecular weight is 292 g/mol. The highest BCUT2D eigenvalue weighted by Gasteiger charge is 2.29. The average Bonchev–Trinajstić information content (AvgIpc) is 2.41. The Hall–Kier alpha value is -0.710. The van der Waals surface area contributed by atoms with Gasteiger partial charge in [0.15, 0.2) is 11.6 Å². The summed E-state index contributed by atoms with van der Waals surface area (Å²) in [6.45, 7) is 0. The molecule has 0 amide bonds. The minimum Gasteiger partial charge on any atom is -0.391 e. The molecule has 0 bridgehead atoms. The van der Waals surface area contributed by atoms with E-state index in [0.717, 1.165) is 31.7 Å². The first-order chi connectivity index (χ1) is 8.61. The predicted molar refractivity (Wildman–Crippen MR) is 73.1 cm³/mol. The van der Waals surface area contributed by atoms with E-state index in [1.54, 1.807) is 0 Å². The van der Waals surface area contributed by atoms with Gasteiger partial charge in [-0.05, 0) is 24.8 Å². The molecule has 0 aliphatic heterocycles. The second-order valence-corrected chi connectivity index (χ2v) is 5.06. The summed E-state index contributed by atoms with van der Waals surface area (Å²) < 4.78 is 26.7. The second kappa shape index (κ2) is 7.17. The highest BCUT2D eigenvalue weighted by Crippen LogP contribution is 2.32. The van der Waals surface area contributed by atoms with Crippen LogP contribution in [0.1, 0.15) is 43.7 Å². The molecule has 1 aliphatic carbocycles. The Morgan fingerprint density at radius 3 is 2.42 bits per heavy atom. The summed E-state index contributed by atoms with van der Waals surface area (Å²) in [7, 11) is 0. The Kier molecular flexibility index (Phi) is 6.17. The predicted octanol–water partition coefficient (Wildman–Crippen LogP) is 3.33. The molecule has 1 aromatic carbocycles. The van der Waals surface area contributed by atoms with E-state index < -0.39 is 23.8 Å². The van der Waals surface area contributed by atoms with Crippen LogP contribution in [0.4, 0.5) is 8.78 Å². The van der Waals surface area contributed by atoms with E-state index in [2.05, 4.69) is 0 Å². The second-order valence-electron chi connectivity index (χ2n) is 5.06. The molecule has 0 spiro atoms. The van der Waals surface area contributed by atoms with E-state index in [-0.39, 0.29) is 23.9 Å². The minimum atomic E-state index is -0.945. The van der Waals surface area contributed by atoms with Crippen molar-refractivity contribution in [1.82, 2.24) is 0 Å². The van der Waals surface area contributed by atoms with Gasteiger partial charge in [0.1, 0.15) is 0 Å². The Morgan fingerprint density at radius 2 is 1.79 bits per heavy atom. The van der Waals surface area contributed by atoms with Crippen molar-refractivity contribution >= 4 is 12.4 Å². The molecule has 5 heteroatoms. The van der Waals surface area contributed by atoms with Crippen LogP contribution in [0.5, 0.6) is 0 Å². The number of halogens is 3. The lowest BCUT2D eigenvalue weighted by molar-refractivity contribution is 0.0606. The minimum absolute atomic E-state index is 0. The maximum Gasteiger partial charge on any atom is 0.163 e. The van der Waals surface area contributed by atoms with Gasteiger partial charge in [-0.15, -0.1) is 12.4 Å². The molecular formula is C14H20ClF2NO. The molecule has 0 heterocycles. The van der Waals surface area contributed by atoms with Crippen molar-refractivity contribution in [2.45, 2.75) is 44.2 Å². The summed E-state index contributed by atoms with van der Waals surface area (Å²) in [5.74, 6) is -1.77. The summed E-state index contributed by atoms with van der Waals surface area (Å²) in [6, 6.07) is 3.05. The Balaban J connectivity index is 0.00000180. The lowest BCUT2D eigenvalue weighted by atomic mass is 9.81. The van der Waals surface area contributed by atoms with Crippen molar-refractivity contribution in [2.75, 3.05) is 0 Å². The van der Waals surface area contributed by atoms with Crippen LogP contribution in [0.15, 0.2) is 18.2 Å². The number of nitrogens with two attached hydrogens (primary N) is 1. The molecule has 1 saturated carbocycles. The van der Waals surface area contributed by atoms with E-state index in [4.69, 9.17) is 5.73 Å². The van der Waals surface area contributed by atoms with Crippen molar-refractivity contribution in [3.63, 3.8) is 0 Å². The van der Waals surface area contributed by atoms with Crippen molar-refractivity contribution < 1.29 is 13.9 Å². The van der Waals surface area contributed by atoms with Gasteiger partial charge in [-0.1, -0.05) is 31.4 Å². The summed E-state index contributed by atoms with van der Waals surface area (Å²) in [4.78, 5) is 0. The molecule has 2 nitrogen and oxygen atoms in total. The summed E-state index contributed by atoms with van der Waals surface area (Å²) in [6.07, 6.45) is 4.33. The van der Waals surface area contributed by atoms with Crippen LogP contribution >= 0.6 is 12.4 Å². The zero-order valence-electron chi connectivity index (χ0n) is 10.7. The van der Waals surface area contributed by atoms with Crippen molar-refractivity contribution in [3.05, 3.63) is 35.4 Å². The molecule has 1 aliphatic rings. The Bertz CT molecular complexity index is 410. The fraction of sp³-hybridized carbons (Fsp3) is 0.571. The van der Waals surface area contributed by atoms with Gasteiger partial charge < -0.3 is 10.8 Å². The van der Waals surface area contributed by atoms with Crippen LogP contribution < -0.4 is 5.73 Å². The van der Waals surface area contributed by atoms with Crippen molar-refractivity contribution in [2.24, 2.45) is 11.7 Å². The van der Waals surface area contributed by atoms with Crippen molar-refractivity contribution in [1.29, 1.82) is 0 Å². The quantitative estimate of drug-likeness (QED) is 0.897. The number of hydrogen-bond acceptors (Lipinski definition) is 2. The molecule has 2 atom stereocenters. The summed E-state index contributed by atoms with van der Waals surface area (Å²) >= 11 is 0. The molecule has 0 radical (unpaired) electrons. The van der Waals surface area contributed by atoms with Gasteiger partial charge in [-0.25, -0.2) is 8.78 Å². The van der Waals surface area contributed by atoms with E-state index in [9.17, 15) is 13.9 Å². The van der Waals surface area contributed by atoms with Crippen LogP contribution in [-0.2, 0) is 0 Å². The van der Waals surface area contributed by atoms with Gasteiger partial charge in [-0.2, -0.15) is 0 Å². The molecule has 19 heavy (non-hydrogen) atoms. The highest BCUT2D eigenvalue weighted by atomic mass is 35.5. The molecular weight excluding hydrogens is 272 g/mol. The van der Waals surface area contributed by atoms with Crippen LogP contribution in [0.2, 0.25) is 0 Å². The monoisotopic (exact) mass is 291 g/mol. The topological polar surface area (TPSA) is 46.2 Å². The van der Waals surface area contributed by atoms with Crippen LogP contribution in [0.25, 0.3) is 0 Å². The molecule has 0 unspecified atom stereocenters. The first-order valence-electron chi connectivity index (χ1n) is 6.49. The maximum absolute atomic E-state index is 13.6. The standard InChI is InChI=1S/C14H19F2NO.ClH/c15-11-8-4-7-10(12(11)16)13(17)14(18)9-5-2-1-3-6-9;/h4,7-9,13-14,18H,1-3,5-6,17H2;1H/t13-,14+;/m0./s1. The third-order valence-electron chi connectivity index (χ3n) is 3.84. The largest absolute Gasteiger partial charge is 0.391 e. The first kappa shape index (κ1) is 16.3. The number of aliphatic hydroxyl groups excluding tert-OH is 1. The number of aliphatic hydroxyl groups is 1. The summed E-state index contributed by atoms with van der Waals surface area (Å²) in [5.41, 5.74) is 5.95. The molecule has 1 fully saturated rings. The van der Waals surface area contributed by atoms with E-state index in [1.165, 1.54) is 18.6 Å². The van der Waals surface area contributed by atoms with E-state index in [1.807, 2.05) is 0 Å². The maximum atomic E-state index is 13.6. The number of benzene rings is 1. The van der Waals surface area contributed by atoms with E-state index in [0.29, 0.717) is 0 Å². The van der Waals surface area contributed by atoms with Crippen LogP contribution in [0, 0.1) is 17.6 Å². The third-order valence-corrected chi connectivity index (χ3v) is 3.84. The van der Waals surface area contributed by atoms with Gasteiger partial charge in [0.25, 0.3) is 0 Å². The zero-order chi connectivity index (χ0) is 13.1. The van der Waals surface area contributed by atoms with Gasteiger partial charge >= 0.3 is 0 Å². The molecule has 1 aromatic rings. The smallest absolute Gasteiger partial charge is 0.163 e. The Morgan fingerprint density at radius 1 is 1.16 bits per heavy atom.